The molecular formula is C40H52N3O7S2+. The molecule has 0 spiro atoms. The van der Waals surface area contributed by atoms with Crippen molar-refractivity contribution in [1.29, 1.82) is 0 Å². The SMILES string of the molecule is CC(C/C=C/C=C/C=C1/N(CCCCCC(=O)O)c2ccc(S(N)(=O)=O)cc2C1(C)C)(CCCCS(=O)(=O)O)c1ccccc1[NH2+]c1ccccc1. The summed E-state index contributed by atoms with van der Waals surface area (Å²) in [6, 6.07) is 23.3. The zero-order valence-electron chi connectivity index (χ0n) is 30.2. The molecule has 0 aliphatic carbocycles. The standard InChI is InChI=1S/C40H51N3O7S2/c1-39(2)34-30-32(52(41,49)50)24-25-36(34)43(28-16-7-11-23-38(44)45)37(39)22-10-4-5-14-26-40(3,27-15-17-29-51(46,47)48)33-20-12-13-21-35(33)42-31-18-8-6-9-19-31/h4-6,8-10,12-14,18-22,24-25,30,42H,7,11,15-17,23,26-29H2,1-3H3,(H,44,45)(H2,41,49,50)(H,46,47,48)/p+1/b10-4+,14-5+,37-22+. The lowest BCUT2D eigenvalue weighted by molar-refractivity contribution is -0.479. The normalized spacial score (nSPS) is 16.5. The molecule has 0 aromatic heterocycles. The van der Waals surface area contributed by atoms with Crippen LogP contribution >= 0.6 is 0 Å². The predicted octanol–water partition coefficient (Wildman–Crippen LogP) is 7.01. The highest BCUT2D eigenvalue weighted by Crippen LogP contribution is 2.48. The van der Waals surface area contributed by atoms with Gasteiger partial charge in [0.1, 0.15) is 11.4 Å². The van der Waals surface area contributed by atoms with Gasteiger partial charge in [-0.25, -0.2) is 13.6 Å². The number of fused-ring (bicyclic) bond motifs is 1. The number of para-hydroxylation sites is 2. The quantitative estimate of drug-likeness (QED) is 0.0439. The summed E-state index contributed by atoms with van der Waals surface area (Å²) in [5.74, 6) is -1.08. The van der Waals surface area contributed by atoms with Gasteiger partial charge >= 0.3 is 5.97 Å². The molecule has 280 valence electrons. The summed E-state index contributed by atoms with van der Waals surface area (Å²) in [5, 5.41) is 16.7. The summed E-state index contributed by atoms with van der Waals surface area (Å²) < 4.78 is 56.5. The second-order valence-electron chi connectivity index (χ2n) is 14.2. The fourth-order valence-electron chi connectivity index (χ4n) is 6.96. The van der Waals surface area contributed by atoms with Crippen molar-refractivity contribution in [2.24, 2.45) is 5.14 Å². The van der Waals surface area contributed by atoms with E-state index in [1.165, 1.54) is 6.07 Å². The van der Waals surface area contributed by atoms with Gasteiger partial charge in [0.05, 0.1) is 10.6 Å². The molecule has 1 atom stereocenters. The fourth-order valence-corrected chi connectivity index (χ4v) is 8.07. The van der Waals surface area contributed by atoms with Gasteiger partial charge in [-0.05, 0) is 80.1 Å². The zero-order chi connectivity index (χ0) is 38.0. The Hall–Kier alpha value is -4.07. The Kier molecular flexibility index (Phi) is 13.8. The second kappa shape index (κ2) is 17.6. The molecule has 0 amide bonds. The lowest BCUT2D eigenvalue weighted by atomic mass is 9.74. The summed E-state index contributed by atoms with van der Waals surface area (Å²) in [6.45, 7) is 6.94. The van der Waals surface area contributed by atoms with Crippen molar-refractivity contribution in [2.75, 3.05) is 17.2 Å². The number of carboxylic acid groups (broad SMARTS) is 1. The molecule has 4 rings (SSSR count). The van der Waals surface area contributed by atoms with E-state index in [0.717, 1.165) is 46.7 Å². The number of anilines is 1. The minimum Gasteiger partial charge on any atom is -0.481 e. The second-order valence-corrected chi connectivity index (χ2v) is 17.4. The average molecular weight is 751 g/mol. The number of hydrogen-bond donors (Lipinski definition) is 4. The first kappa shape index (κ1) is 40.7. The Morgan fingerprint density at radius 2 is 1.62 bits per heavy atom. The van der Waals surface area contributed by atoms with Crippen molar-refractivity contribution in [2.45, 2.75) is 87.9 Å². The first-order valence-electron chi connectivity index (χ1n) is 17.7. The van der Waals surface area contributed by atoms with Gasteiger partial charge < -0.3 is 10.0 Å². The minimum absolute atomic E-state index is 0.0597. The van der Waals surface area contributed by atoms with Crippen molar-refractivity contribution < 1.29 is 36.6 Å². The molecule has 10 nitrogen and oxygen atoms in total. The monoisotopic (exact) mass is 750 g/mol. The van der Waals surface area contributed by atoms with Crippen LogP contribution in [0.2, 0.25) is 0 Å². The third-order valence-electron chi connectivity index (χ3n) is 9.76. The number of unbranched alkanes of at least 4 members (excludes halogenated alkanes) is 3. The van der Waals surface area contributed by atoms with Crippen LogP contribution in [0.1, 0.15) is 83.3 Å². The molecular weight excluding hydrogens is 699 g/mol. The molecule has 0 radical (unpaired) electrons. The first-order chi connectivity index (χ1) is 24.5. The van der Waals surface area contributed by atoms with Crippen molar-refractivity contribution in [3.8, 4) is 0 Å². The Bertz CT molecular complexity index is 2010. The maximum Gasteiger partial charge on any atom is 0.303 e. The molecule has 3 aromatic carbocycles. The minimum atomic E-state index is -4.03. The molecule has 0 saturated heterocycles. The highest BCUT2D eigenvalue weighted by molar-refractivity contribution is 7.89. The summed E-state index contributed by atoms with van der Waals surface area (Å²) in [4.78, 5) is 13.2. The number of quaternary nitrogens is 1. The van der Waals surface area contributed by atoms with E-state index in [9.17, 15) is 26.2 Å². The van der Waals surface area contributed by atoms with Crippen LogP contribution in [0.5, 0.6) is 0 Å². The maximum absolute atomic E-state index is 12.2. The molecule has 0 fully saturated rings. The third kappa shape index (κ3) is 11.2. The fraction of sp³-hybridized carbons (Fsp3) is 0.375. The number of nitrogens with zero attached hydrogens (tertiary/aromatic N) is 1. The van der Waals surface area contributed by atoms with E-state index in [2.05, 4.69) is 61.3 Å². The van der Waals surface area contributed by atoms with Crippen LogP contribution in [0, 0.1) is 0 Å². The van der Waals surface area contributed by atoms with E-state index in [0.29, 0.717) is 38.6 Å². The summed E-state index contributed by atoms with van der Waals surface area (Å²) in [7, 11) is -7.92. The largest absolute Gasteiger partial charge is 0.481 e. The number of nitrogens with two attached hydrogens (primary N) is 2. The summed E-state index contributed by atoms with van der Waals surface area (Å²) in [6.07, 6.45) is 14.7. The summed E-state index contributed by atoms with van der Waals surface area (Å²) in [5.41, 5.74) is 5.24. The number of sulfonamides is 1. The maximum atomic E-state index is 12.2. The number of primary sulfonamides is 1. The number of rotatable bonds is 19. The van der Waals surface area contributed by atoms with Crippen LogP contribution in [0.4, 0.5) is 17.1 Å². The van der Waals surface area contributed by atoms with Gasteiger partial charge in [0.25, 0.3) is 10.1 Å². The topological polar surface area (TPSA) is 172 Å². The van der Waals surface area contributed by atoms with Crippen LogP contribution in [-0.4, -0.2) is 44.8 Å². The molecule has 0 bridgehead atoms. The van der Waals surface area contributed by atoms with Gasteiger partial charge in [0, 0.05) is 40.7 Å². The Labute approximate surface area is 308 Å². The van der Waals surface area contributed by atoms with Crippen molar-refractivity contribution >= 4 is 43.2 Å². The Balaban J connectivity index is 1.57. The Morgan fingerprint density at radius 1 is 0.904 bits per heavy atom. The van der Waals surface area contributed by atoms with E-state index in [1.54, 1.807) is 12.1 Å². The van der Waals surface area contributed by atoms with Crippen LogP contribution in [-0.2, 0) is 35.8 Å². The zero-order valence-corrected chi connectivity index (χ0v) is 31.9. The predicted molar refractivity (Wildman–Crippen MR) is 207 cm³/mol. The molecule has 3 aromatic rings. The lowest BCUT2D eigenvalue weighted by Crippen LogP contribution is -2.71. The molecule has 6 N–H and O–H groups in total. The van der Waals surface area contributed by atoms with Gasteiger partial charge in [-0.2, -0.15) is 8.42 Å². The van der Waals surface area contributed by atoms with Gasteiger partial charge in [0.15, 0.2) is 0 Å². The molecule has 1 aliphatic rings. The molecule has 12 heteroatoms. The van der Waals surface area contributed by atoms with Crippen LogP contribution in [0.3, 0.4) is 0 Å². The van der Waals surface area contributed by atoms with Crippen LogP contribution < -0.4 is 15.4 Å². The van der Waals surface area contributed by atoms with Gasteiger partial charge in [-0.15, -0.1) is 0 Å². The van der Waals surface area contributed by atoms with Crippen LogP contribution in [0.25, 0.3) is 0 Å². The number of hydrogen-bond acceptors (Lipinski definition) is 6. The van der Waals surface area contributed by atoms with E-state index in [-0.39, 0.29) is 22.5 Å². The van der Waals surface area contributed by atoms with E-state index >= 15 is 0 Å². The number of benzene rings is 3. The number of carboxylic acids is 1. The lowest BCUT2D eigenvalue weighted by Gasteiger charge is -2.30. The van der Waals surface area contributed by atoms with E-state index < -0.39 is 31.5 Å². The van der Waals surface area contributed by atoms with Gasteiger partial charge in [-0.3, -0.25) is 14.7 Å². The number of carbonyl (C=O) groups is 1. The van der Waals surface area contributed by atoms with E-state index in [4.69, 9.17) is 10.2 Å². The highest BCUT2D eigenvalue weighted by Gasteiger charge is 2.40. The van der Waals surface area contributed by atoms with Crippen LogP contribution in [0.15, 0.2) is 114 Å². The van der Waals surface area contributed by atoms with Crippen molar-refractivity contribution in [3.05, 3.63) is 120 Å². The molecule has 1 aliphatic heterocycles. The highest BCUT2D eigenvalue weighted by atomic mass is 32.2. The van der Waals surface area contributed by atoms with Gasteiger partial charge in [0.2, 0.25) is 10.0 Å². The number of aliphatic carboxylic acids is 1. The van der Waals surface area contributed by atoms with Crippen molar-refractivity contribution in [1.82, 2.24) is 0 Å². The average Bonchev–Trinajstić information content (AvgIpc) is 3.29. The molecule has 52 heavy (non-hydrogen) atoms. The molecule has 1 unspecified atom stereocenters. The number of allylic oxidation sites excluding steroid dienone is 6. The Morgan fingerprint density at radius 3 is 2.31 bits per heavy atom. The smallest absolute Gasteiger partial charge is 0.303 e. The third-order valence-corrected chi connectivity index (χ3v) is 11.5. The van der Waals surface area contributed by atoms with E-state index in [1.807, 2.05) is 54.6 Å². The molecule has 0 saturated carbocycles. The first-order valence-corrected chi connectivity index (χ1v) is 20.8. The summed E-state index contributed by atoms with van der Waals surface area (Å²) >= 11 is 0. The van der Waals surface area contributed by atoms with Gasteiger partial charge in [-0.1, -0.05) is 94.3 Å². The molecule has 1 heterocycles. The van der Waals surface area contributed by atoms with Crippen molar-refractivity contribution in [3.63, 3.8) is 0 Å².